The van der Waals surface area contributed by atoms with Gasteiger partial charge in [-0.3, -0.25) is 4.79 Å². The number of carbonyl (C=O) groups excluding carboxylic acids is 2. The average molecular weight is 643 g/mol. The zero-order valence-electron chi connectivity index (χ0n) is 25.9. The number of alkyl halides is 1. The molecule has 0 aliphatic heterocycles. The number of rotatable bonds is 16. The summed E-state index contributed by atoms with van der Waals surface area (Å²) in [6.45, 7) is 5.59. The SMILES string of the molecule is C/C=C/c1cn(CC(=O)NCCCCC)c(/C=C/c2ccc(-c3ccc(OCCCC=O)cc3)cc2)n1.CO.Cl/C=C/CCl. The number of unbranched alkanes of at least 4 members (excludes halogenated alkanes) is 3. The lowest BCUT2D eigenvalue weighted by molar-refractivity contribution is -0.121. The number of hydrogen-bond donors (Lipinski definition) is 2. The number of nitrogens with zero attached hydrogens (tertiary/aromatic N) is 2. The number of aliphatic hydroxyl groups is 1. The van der Waals surface area contributed by atoms with Crippen LogP contribution in [0.3, 0.4) is 0 Å². The molecule has 0 spiro atoms. The summed E-state index contributed by atoms with van der Waals surface area (Å²) in [5, 5.41) is 10.00. The van der Waals surface area contributed by atoms with Gasteiger partial charge in [0.2, 0.25) is 5.91 Å². The number of imidazole rings is 1. The van der Waals surface area contributed by atoms with E-state index in [0.717, 1.165) is 73.0 Å². The van der Waals surface area contributed by atoms with Crippen LogP contribution in [0.2, 0.25) is 0 Å². The molecule has 9 heteroatoms. The molecule has 0 atom stereocenters. The average Bonchev–Trinajstić information content (AvgIpc) is 3.43. The molecular weight excluding hydrogens is 597 g/mol. The summed E-state index contributed by atoms with van der Waals surface area (Å²) in [6, 6.07) is 16.3. The maximum Gasteiger partial charge on any atom is 0.239 e. The maximum atomic E-state index is 12.4. The number of aliphatic hydroxyl groups excluding tert-OH is 1. The van der Waals surface area contributed by atoms with Crippen molar-refractivity contribution in [2.75, 3.05) is 26.1 Å². The van der Waals surface area contributed by atoms with Crippen molar-refractivity contribution in [1.82, 2.24) is 14.9 Å². The van der Waals surface area contributed by atoms with E-state index in [4.69, 9.17) is 33.0 Å². The Morgan fingerprint density at radius 1 is 1.00 bits per heavy atom. The Kier molecular flexibility index (Phi) is 21.6. The van der Waals surface area contributed by atoms with E-state index in [1.165, 1.54) is 5.54 Å². The van der Waals surface area contributed by atoms with E-state index in [1.807, 2.05) is 66.3 Å². The molecule has 0 aliphatic rings. The Balaban J connectivity index is 0.00000125. The number of hydrogen-bond acceptors (Lipinski definition) is 5. The van der Waals surface area contributed by atoms with E-state index in [0.29, 0.717) is 25.5 Å². The molecule has 2 aromatic carbocycles. The Morgan fingerprint density at radius 2 is 1.68 bits per heavy atom. The van der Waals surface area contributed by atoms with Gasteiger partial charge in [0.1, 0.15) is 24.4 Å². The molecule has 0 bridgehead atoms. The van der Waals surface area contributed by atoms with Crippen LogP contribution in [0.1, 0.15) is 63.0 Å². The number of allylic oxidation sites excluding steroid dienone is 2. The smallest absolute Gasteiger partial charge is 0.239 e. The third-order valence-electron chi connectivity index (χ3n) is 6.02. The highest BCUT2D eigenvalue weighted by Crippen LogP contribution is 2.23. The number of amides is 1. The number of carbonyl (C=O) groups is 2. The second kappa shape index (κ2) is 24.8. The number of halogens is 2. The zero-order valence-corrected chi connectivity index (χ0v) is 27.4. The molecule has 238 valence electrons. The van der Waals surface area contributed by atoms with Crippen molar-refractivity contribution in [3.05, 3.63) is 89.5 Å². The minimum absolute atomic E-state index is 0.00286. The van der Waals surface area contributed by atoms with Gasteiger partial charge < -0.3 is 24.5 Å². The van der Waals surface area contributed by atoms with Crippen molar-refractivity contribution >= 4 is 53.6 Å². The second-order valence-electron chi connectivity index (χ2n) is 9.36. The third kappa shape index (κ3) is 15.7. The number of nitrogens with one attached hydrogen (secondary N) is 1. The standard InChI is InChI=1S/C31H37N3O3.C3H4Cl2.CH4O/c1-3-5-6-20-32-31(36)24-34-23-28(9-4-2)33-30(34)19-12-25-10-13-26(14-11-25)27-15-17-29(18-16-27)37-22-8-7-21-35;4-2-1-3-5;1-2/h4,9-19,21,23H,3,5-8,20,22,24H2,1-2H3,(H,32,36);1-2H,3H2;2H,1H3/b9-4+,19-12+;2-1+;. The molecule has 0 unspecified atom stereocenters. The van der Waals surface area contributed by atoms with Gasteiger partial charge in [0.15, 0.2) is 0 Å². The van der Waals surface area contributed by atoms with Gasteiger partial charge in [-0.1, -0.05) is 86.0 Å². The monoisotopic (exact) mass is 641 g/mol. The van der Waals surface area contributed by atoms with E-state index in [9.17, 15) is 9.59 Å². The minimum atomic E-state index is -0.00286. The van der Waals surface area contributed by atoms with Crippen LogP contribution in [0, 0.1) is 0 Å². The summed E-state index contributed by atoms with van der Waals surface area (Å²) in [4.78, 5) is 27.5. The first-order valence-electron chi connectivity index (χ1n) is 14.7. The molecule has 0 saturated heterocycles. The maximum absolute atomic E-state index is 12.4. The van der Waals surface area contributed by atoms with Crippen LogP contribution in [-0.4, -0.2) is 53.0 Å². The molecule has 0 aliphatic carbocycles. The topological polar surface area (TPSA) is 93.5 Å². The van der Waals surface area contributed by atoms with Crippen molar-refractivity contribution in [1.29, 1.82) is 0 Å². The highest BCUT2D eigenvalue weighted by molar-refractivity contribution is 6.26. The lowest BCUT2D eigenvalue weighted by Gasteiger charge is -2.07. The van der Waals surface area contributed by atoms with Crippen LogP contribution in [0.4, 0.5) is 0 Å². The number of ether oxygens (including phenoxy) is 1. The first-order chi connectivity index (χ1) is 21.5. The third-order valence-corrected chi connectivity index (χ3v) is 6.37. The molecule has 1 amide bonds. The fraction of sp³-hybridized carbons (Fsp3) is 0.343. The van der Waals surface area contributed by atoms with Crippen LogP contribution < -0.4 is 10.1 Å². The van der Waals surface area contributed by atoms with Crippen LogP contribution in [0.15, 0.2) is 72.4 Å². The van der Waals surface area contributed by atoms with Crippen LogP contribution in [0.5, 0.6) is 5.75 Å². The van der Waals surface area contributed by atoms with E-state index in [1.54, 1.807) is 6.08 Å². The molecule has 7 nitrogen and oxygen atoms in total. The molecule has 0 saturated carbocycles. The number of aldehydes is 1. The summed E-state index contributed by atoms with van der Waals surface area (Å²) in [7, 11) is 1.00. The normalized spacial score (nSPS) is 10.8. The highest BCUT2D eigenvalue weighted by atomic mass is 35.5. The quantitative estimate of drug-likeness (QED) is 0.0939. The van der Waals surface area contributed by atoms with Gasteiger partial charge in [0.25, 0.3) is 0 Å². The molecule has 0 radical (unpaired) electrons. The van der Waals surface area contributed by atoms with Crippen LogP contribution in [-0.2, 0) is 16.1 Å². The molecule has 3 aromatic rings. The van der Waals surface area contributed by atoms with Gasteiger partial charge >= 0.3 is 0 Å². The summed E-state index contributed by atoms with van der Waals surface area (Å²) in [6.07, 6.45) is 16.8. The van der Waals surface area contributed by atoms with E-state index in [-0.39, 0.29) is 12.5 Å². The van der Waals surface area contributed by atoms with Crippen molar-refractivity contribution in [3.63, 3.8) is 0 Å². The Bertz CT molecular complexity index is 1280. The predicted molar refractivity (Wildman–Crippen MR) is 185 cm³/mol. The van der Waals surface area contributed by atoms with Gasteiger partial charge in [-0.25, -0.2) is 4.98 Å². The zero-order chi connectivity index (χ0) is 32.4. The molecule has 0 fully saturated rings. The van der Waals surface area contributed by atoms with E-state index >= 15 is 0 Å². The largest absolute Gasteiger partial charge is 0.494 e. The van der Waals surface area contributed by atoms with Gasteiger partial charge in [-0.05, 0) is 60.7 Å². The summed E-state index contributed by atoms with van der Waals surface area (Å²) < 4.78 is 7.55. The van der Waals surface area contributed by atoms with Gasteiger partial charge in [0.05, 0.1) is 12.3 Å². The Morgan fingerprint density at radius 3 is 2.25 bits per heavy atom. The van der Waals surface area contributed by atoms with Gasteiger partial charge in [-0.15, -0.1) is 11.6 Å². The molecule has 1 heterocycles. The Hall–Kier alpha value is -3.65. The Labute approximate surface area is 272 Å². The fourth-order valence-corrected chi connectivity index (χ4v) is 4.14. The second-order valence-corrected chi connectivity index (χ2v) is 9.92. The van der Waals surface area contributed by atoms with Crippen molar-refractivity contribution in [3.8, 4) is 16.9 Å². The molecule has 3 rings (SSSR count). The van der Waals surface area contributed by atoms with Gasteiger partial charge in [-0.2, -0.15) is 0 Å². The lowest BCUT2D eigenvalue weighted by atomic mass is 10.0. The fourth-order valence-electron chi connectivity index (χ4n) is 3.87. The predicted octanol–water partition coefficient (Wildman–Crippen LogP) is 8.00. The molecule has 44 heavy (non-hydrogen) atoms. The highest BCUT2D eigenvalue weighted by Gasteiger charge is 2.08. The lowest BCUT2D eigenvalue weighted by Crippen LogP contribution is -2.28. The van der Waals surface area contributed by atoms with Gasteiger partial charge in [0, 0.05) is 37.7 Å². The summed E-state index contributed by atoms with van der Waals surface area (Å²) in [5.41, 5.74) is 5.48. The molecular formula is C35H45Cl2N3O4. The number of benzene rings is 2. The van der Waals surface area contributed by atoms with E-state index in [2.05, 4.69) is 41.5 Å². The first kappa shape index (κ1) is 38.4. The molecule has 2 N–H and O–H groups in total. The summed E-state index contributed by atoms with van der Waals surface area (Å²) in [5.74, 6) is 2.04. The van der Waals surface area contributed by atoms with Crippen molar-refractivity contribution < 1.29 is 19.4 Å². The summed E-state index contributed by atoms with van der Waals surface area (Å²) >= 11 is 10.2. The van der Waals surface area contributed by atoms with Crippen LogP contribution >= 0.6 is 23.2 Å². The minimum Gasteiger partial charge on any atom is -0.494 e. The molecule has 1 aromatic heterocycles. The van der Waals surface area contributed by atoms with E-state index < -0.39 is 0 Å². The van der Waals surface area contributed by atoms with Crippen molar-refractivity contribution in [2.24, 2.45) is 0 Å². The van der Waals surface area contributed by atoms with Crippen molar-refractivity contribution in [2.45, 2.75) is 52.5 Å². The van der Waals surface area contributed by atoms with Crippen LogP contribution in [0.25, 0.3) is 29.4 Å². The first-order valence-corrected chi connectivity index (χ1v) is 15.7. The number of aromatic nitrogens is 2.